The van der Waals surface area contributed by atoms with Gasteiger partial charge in [0.05, 0.1) is 28.7 Å². The van der Waals surface area contributed by atoms with Crippen molar-refractivity contribution in [3.63, 3.8) is 0 Å². The molecule has 6 aromatic rings. The second-order valence-electron chi connectivity index (χ2n) is 9.15. The second kappa shape index (κ2) is 12.0. The van der Waals surface area contributed by atoms with Crippen molar-refractivity contribution < 1.29 is 13.9 Å². The van der Waals surface area contributed by atoms with E-state index < -0.39 is 0 Å². The molecule has 6 rings (SSSR count). The summed E-state index contributed by atoms with van der Waals surface area (Å²) in [7, 11) is 1.56. The molecule has 0 aliphatic rings. The Labute approximate surface area is 270 Å². The number of halogens is 4. The van der Waals surface area contributed by atoms with Crippen LogP contribution in [-0.4, -0.2) is 23.0 Å². The average Bonchev–Trinajstić information content (AvgIpc) is 3.42. The highest BCUT2D eigenvalue weighted by atomic mass is 79.9. The summed E-state index contributed by atoms with van der Waals surface area (Å²) in [5.74, 6) is 1.64. The summed E-state index contributed by atoms with van der Waals surface area (Å²) in [5.41, 5.74) is 2.43. The Bertz CT molecular complexity index is 2060. The number of para-hydroxylation sites is 1. The maximum absolute atomic E-state index is 13.7. The molecule has 0 saturated heterocycles. The predicted molar refractivity (Wildman–Crippen MR) is 176 cm³/mol. The summed E-state index contributed by atoms with van der Waals surface area (Å²) in [6, 6.07) is 23.8. The zero-order valence-electron chi connectivity index (χ0n) is 21.8. The number of methoxy groups -OCH3 is 1. The van der Waals surface area contributed by atoms with Gasteiger partial charge in [0.25, 0.3) is 5.56 Å². The van der Waals surface area contributed by atoms with Gasteiger partial charge in [0.2, 0.25) is 5.82 Å². The number of ether oxygens (including phenoxy) is 2. The van der Waals surface area contributed by atoms with Gasteiger partial charge in [0.1, 0.15) is 12.2 Å². The van der Waals surface area contributed by atoms with Crippen LogP contribution < -0.4 is 15.0 Å². The van der Waals surface area contributed by atoms with Crippen LogP contribution in [0.25, 0.3) is 33.5 Å². The number of hydrogen-bond donors (Lipinski definition) is 0. The van der Waals surface area contributed by atoms with Gasteiger partial charge >= 0.3 is 0 Å². The van der Waals surface area contributed by atoms with Gasteiger partial charge in [-0.1, -0.05) is 51.8 Å². The van der Waals surface area contributed by atoms with Gasteiger partial charge < -0.3 is 13.9 Å². The van der Waals surface area contributed by atoms with Gasteiger partial charge in [0, 0.05) is 24.9 Å². The van der Waals surface area contributed by atoms with Crippen LogP contribution in [0.1, 0.15) is 11.1 Å². The zero-order valence-corrected chi connectivity index (χ0v) is 27.3. The Hall–Kier alpha value is -3.44. The molecule has 0 radical (unpaired) electrons. The molecule has 0 saturated carbocycles. The minimum Gasteiger partial charge on any atom is -0.493 e. The van der Waals surface area contributed by atoms with Crippen molar-refractivity contribution in [1.29, 1.82) is 0 Å². The normalized spacial score (nSPS) is 11.5. The van der Waals surface area contributed by atoms with E-state index in [2.05, 4.69) is 52.9 Å². The van der Waals surface area contributed by atoms with Crippen molar-refractivity contribution in [2.24, 2.45) is 5.10 Å². The first-order valence-corrected chi connectivity index (χ1v) is 15.3. The zero-order chi connectivity index (χ0) is 29.4. The Kier molecular flexibility index (Phi) is 8.22. The fourth-order valence-electron chi connectivity index (χ4n) is 4.36. The first kappa shape index (κ1) is 28.7. The summed E-state index contributed by atoms with van der Waals surface area (Å²) < 4.78 is 21.3. The van der Waals surface area contributed by atoms with Crippen LogP contribution in [-0.2, 0) is 6.61 Å². The number of aromatic nitrogens is 2. The van der Waals surface area contributed by atoms with E-state index in [1.165, 1.54) is 4.68 Å². The molecular formula is C31H19Br3ClN3O4. The third-order valence-electron chi connectivity index (χ3n) is 6.44. The number of nitrogens with zero attached hydrogens (tertiary/aromatic N) is 3. The smallest absolute Gasteiger partial charge is 0.282 e. The van der Waals surface area contributed by atoms with Crippen LogP contribution in [0.4, 0.5) is 0 Å². The Morgan fingerprint density at radius 3 is 2.57 bits per heavy atom. The fourth-order valence-corrected chi connectivity index (χ4v) is 5.74. The molecule has 11 heteroatoms. The Balaban J connectivity index is 1.42. The Morgan fingerprint density at radius 2 is 1.79 bits per heavy atom. The molecule has 210 valence electrons. The number of fused-ring (bicyclic) bond motifs is 2. The van der Waals surface area contributed by atoms with Crippen LogP contribution >= 0.6 is 59.4 Å². The van der Waals surface area contributed by atoms with Gasteiger partial charge in [0.15, 0.2) is 17.3 Å². The lowest BCUT2D eigenvalue weighted by Crippen LogP contribution is -2.20. The molecule has 0 spiro atoms. The standard InChI is InChI=1S/C31H19Br3ClN3O4/c1-40-25-14-19(27(33)28(34)29(25)41-16-17-6-8-20(32)9-7-17)15-36-38-30(37-23-5-3-2-4-22(23)31(38)39)26-13-18-12-21(35)10-11-24(18)42-26/h2-15H,16H2,1H3. The van der Waals surface area contributed by atoms with E-state index in [0.717, 1.165) is 15.4 Å². The molecule has 42 heavy (non-hydrogen) atoms. The molecule has 0 aliphatic carbocycles. The number of benzene rings is 4. The van der Waals surface area contributed by atoms with Crippen LogP contribution in [0.3, 0.4) is 0 Å². The SMILES string of the molecule is COc1cc(C=Nn2c(-c3cc4cc(Cl)ccc4o3)nc3ccccc3c2=O)c(Br)c(Br)c1OCc1ccc(Br)cc1. The van der Waals surface area contributed by atoms with Crippen LogP contribution in [0.5, 0.6) is 11.5 Å². The summed E-state index contributed by atoms with van der Waals surface area (Å²) >= 11 is 16.9. The van der Waals surface area contributed by atoms with E-state index in [0.29, 0.717) is 59.9 Å². The first-order valence-electron chi connectivity index (χ1n) is 12.5. The van der Waals surface area contributed by atoms with E-state index in [4.69, 9.17) is 30.5 Å². The Morgan fingerprint density at radius 1 is 1.00 bits per heavy atom. The number of furan rings is 1. The molecule has 0 fully saturated rings. The van der Waals surface area contributed by atoms with Gasteiger partial charge in [-0.3, -0.25) is 4.79 Å². The minimum atomic E-state index is -0.345. The molecule has 0 aliphatic heterocycles. The van der Waals surface area contributed by atoms with Gasteiger partial charge in [-0.05, 0) is 92.0 Å². The van der Waals surface area contributed by atoms with Crippen molar-refractivity contribution in [2.45, 2.75) is 6.61 Å². The van der Waals surface area contributed by atoms with Crippen LogP contribution in [0.2, 0.25) is 5.02 Å². The highest BCUT2D eigenvalue weighted by Crippen LogP contribution is 2.42. The molecule has 0 unspecified atom stereocenters. The molecule has 2 aromatic heterocycles. The quantitative estimate of drug-likeness (QED) is 0.151. The van der Waals surface area contributed by atoms with Crippen molar-refractivity contribution >= 4 is 87.5 Å². The van der Waals surface area contributed by atoms with Gasteiger partial charge in [-0.2, -0.15) is 9.78 Å². The van der Waals surface area contributed by atoms with Crippen LogP contribution in [0.15, 0.2) is 107 Å². The first-order chi connectivity index (χ1) is 20.3. The summed E-state index contributed by atoms with van der Waals surface area (Å²) in [4.78, 5) is 18.4. The van der Waals surface area contributed by atoms with E-state index in [9.17, 15) is 4.79 Å². The number of hydrogen-bond acceptors (Lipinski definition) is 6. The summed E-state index contributed by atoms with van der Waals surface area (Å²) in [6.07, 6.45) is 1.55. The summed E-state index contributed by atoms with van der Waals surface area (Å²) in [6.45, 7) is 0.340. The molecule has 0 amide bonds. The average molecular weight is 773 g/mol. The molecule has 2 heterocycles. The minimum absolute atomic E-state index is 0.249. The van der Waals surface area contributed by atoms with E-state index in [1.54, 1.807) is 61.9 Å². The summed E-state index contributed by atoms with van der Waals surface area (Å²) in [5, 5.41) is 6.36. The van der Waals surface area contributed by atoms with Crippen molar-refractivity contribution in [1.82, 2.24) is 9.66 Å². The van der Waals surface area contributed by atoms with E-state index in [-0.39, 0.29) is 11.4 Å². The highest BCUT2D eigenvalue weighted by molar-refractivity contribution is 9.13. The van der Waals surface area contributed by atoms with Gasteiger partial charge in [-0.25, -0.2) is 4.98 Å². The molecule has 0 N–H and O–H groups in total. The molecule has 7 nitrogen and oxygen atoms in total. The van der Waals surface area contributed by atoms with Gasteiger partial charge in [-0.15, -0.1) is 0 Å². The third kappa shape index (κ3) is 5.64. The lowest BCUT2D eigenvalue weighted by Gasteiger charge is -2.15. The highest BCUT2D eigenvalue weighted by Gasteiger charge is 2.19. The van der Waals surface area contributed by atoms with E-state index >= 15 is 0 Å². The maximum Gasteiger partial charge on any atom is 0.282 e. The maximum atomic E-state index is 13.7. The largest absolute Gasteiger partial charge is 0.493 e. The van der Waals surface area contributed by atoms with Crippen LogP contribution in [0, 0.1) is 0 Å². The van der Waals surface area contributed by atoms with Crippen molar-refractivity contribution in [3.05, 3.63) is 119 Å². The number of rotatable bonds is 7. The predicted octanol–water partition coefficient (Wildman–Crippen LogP) is 9.22. The van der Waals surface area contributed by atoms with Crippen molar-refractivity contribution in [2.75, 3.05) is 7.11 Å². The monoisotopic (exact) mass is 769 g/mol. The molecule has 0 atom stereocenters. The second-order valence-corrected chi connectivity index (χ2v) is 12.1. The molecular weight excluding hydrogens is 754 g/mol. The third-order valence-corrected chi connectivity index (χ3v) is 9.34. The lowest BCUT2D eigenvalue weighted by atomic mass is 10.2. The molecule has 0 bridgehead atoms. The molecule has 4 aromatic carbocycles. The topological polar surface area (TPSA) is 78.9 Å². The fraction of sp³-hybridized carbons (Fsp3) is 0.0645. The van der Waals surface area contributed by atoms with E-state index in [1.807, 2.05) is 30.3 Å². The lowest BCUT2D eigenvalue weighted by molar-refractivity contribution is 0.282. The van der Waals surface area contributed by atoms with Crippen molar-refractivity contribution in [3.8, 4) is 23.1 Å².